The SMILES string of the molecule is CCc1nnc(NC(=S)NC(=O)c2ccccc2Br)s1. The number of benzene rings is 1. The van der Waals surface area contributed by atoms with Crippen LogP contribution in [0.4, 0.5) is 5.13 Å². The first-order valence-electron chi connectivity index (χ1n) is 5.79. The number of amides is 1. The minimum atomic E-state index is -0.282. The van der Waals surface area contributed by atoms with E-state index in [1.54, 1.807) is 18.2 Å². The van der Waals surface area contributed by atoms with Gasteiger partial charge in [-0.2, -0.15) is 0 Å². The highest BCUT2D eigenvalue weighted by molar-refractivity contribution is 9.10. The molecule has 2 N–H and O–H groups in total. The summed E-state index contributed by atoms with van der Waals surface area (Å²) in [6.07, 6.45) is 0.815. The van der Waals surface area contributed by atoms with Crippen LogP contribution < -0.4 is 10.6 Å². The van der Waals surface area contributed by atoms with E-state index >= 15 is 0 Å². The Kier molecular flexibility index (Phi) is 5.16. The average molecular weight is 371 g/mol. The molecule has 0 unspecified atom stereocenters. The van der Waals surface area contributed by atoms with Crippen molar-refractivity contribution in [1.82, 2.24) is 15.5 Å². The van der Waals surface area contributed by atoms with Gasteiger partial charge >= 0.3 is 0 Å². The van der Waals surface area contributed by atoms with Gasteiger partial charge < -0.3 is 5.32 Å². The summed E-state index contributed by atoms with van der Waals surface area (Å²) >= 11 is 9.81. The predicted octanol–water partition coefficient (Wildman–Crippen LogP) is 2.99. The first-order chi connectivity index (χ1) is 9.60. The van der Waals surface area contributed by atoms with Gasteiger partial charge in [0.25, 0.3) is 5.91 Å². The normalized spacial score (nSPS) is 10.1. The Balaban J connectivity index is 1.98. The van der Waals surface area contributed by atoms with Gasteiger partial charge in [0.1, 0.15) is 5.01 Å². The van der Waals surface area contributed by atoms with Gasteiger partial charge in [0.05, 0.1) is 5.56 Å². The first-order valence-corrected chi connectivity index (χ1v) is 7.81. The predicted molar refractivity (Wildman–Crippen MR) is 87.1 cm³/mol. The third kappa shape index (κ3) is 3.81. The molecule has 5 nitrogen and oxygen atoms in total. The Hall–Kier alpha value is -1.38. The highest BCUT2D eigenvalue weighted by Gasteiger charge is 2.12. The standard InChI is InChI=1S/C12H11BrN4OS2/c1-2-9-16-17-12(20-9)15-11(19)14-10(18)7-5-3-4-6-8(7)13/h3-6H,2H2,1H3,(H2,14,15,17,18,19). The molecule has 2 aromatic rings. The molecule has 1 heterocycles. The summed E-state index contributed by atoms with van der Waals surface area (Å²) in [5.41, 5.74) is 0.517. The van der Waals surface area contributed by atoms with Crippen molar-refractivity contribution in [1.29, 1.82) is 0 Å². The van der Waals surface area contributed by atoms with Crippen LogP contribution in [0.3, 0.4) is 0 Å². The van der Waals surface area contributed by atoms with E-state index in [1.165, 1.54) is 11.3 Å². The van der Waals surface area contributed by atoms with E-state index in [2.05, 4.69) is 36.8 Å². The van der Waals surface area contributed by atoms with Crippen LogP contribution in [-0.2, 0) is 6.42 Å². The number of hydrogen-bond acceptors (Lipinski definition) is 5. The molecule has 1 aromatic heterocycles. The highest BCUT2D eigenvalue weighted by Crippen LogP contribution is 2.17. The third-order valence-corrected chi connectivity index (χ3v) is 4.21. The van der Waals surface area contributed by atoms with Crippen LogP contribution >= 0.6 is 39.5 Å². The molecular formula is C12H11BrN4OS2. The zero-order valence-corrected chi connectivity index (χ0v) is 13.7. The van der Waals surface area contributed by atoms with Gasteiger partial charge in [-0.3, -0.25) is 10.1 Å². The van der Waals surface area contributed by atoms with Gasteiger partial charge in [0.15, 0.2) is 5.11 Å². The smallest absolute Gasteiger partial charge is 0.258 e. The van der Waals surface area contributed by atoms with Gasteiger partial charge in [0, 0.05) is 4.47 Å². The monoisotopic (exact) mass is 370 g/mol. The van der Waals surface area contributed by atoms with E-state index in [0.717, 1.165) is 11.4 Å². The number of rotatable bonds is 3. The lowest BCUT2D eigenvalue weighted by Gasteiger charge is -2.07. The zero-order chi connectivity index (χ0) is 14.5. The average Bonchev–Trinajstić information content (AvgIpc) is 2.86. The number of nitrogens with one attached hydrogen (secondary N) is 2. The molecule has 0 fully saturated rings. The lowest BCUT2D eigenvalue weighted by molar-refractivity contribution is 0.0977. The van der Waals surface area contributed by atoms with Crippen LogP contribution in [0.5, 0.6) is 0 Å². The van der Waals surface area contributed by atoms with Gasteiger partial charge in [-0.1, -0.05) is 30.4 Å². The topological polar surface area (TPSA) is 66.9 Å². The van der Waals surface area contributed by atoms with Crippen LogP contribution in [0.25, 0.3) is 0 Å². The van der Waals surface area contributed by atoms with E-state index < -0.39 is 0 Å². The van der Waals surface area contributed by atoms with Gasteiger partial charge in [-0.25, -0.2) is 0 Å². The summed E-state index contributed by atoms with van der Waals surface area (Å²) in [6.45, 7) is 2.00. The quantitative estimate of drug-likeness (QED) is 0.812. The van der Waals surface area contributed by atoms with Crippen molar-refractivity contribution in [2.24, 2.45) is 0 Å². The summed E-state index contributed by atoms with van der Waals surface area (Å²) in [5, 5.41) is 15.0. The maximum Gasteiger partial charge on any atom is 0.258 e. The summed E-state index contributed by atoms with van der Waals surface area (Å²) in [7, 11) is 0. The molecule has 8 heteroatoms. The molecule has 104 valence electrons. The first kappa shape index (κ1) is 15.0. The van der Waals surface area contributed by atoms with E-state index in [1.807, 2.05) is 13.0 Å². The van der Waals surface area contributed by atoms with Crippen molar-refractivity contribution in [3.05, 3.63) is 39.3 Å². The second-order valence-corrected chi connectivity index (χ2v) is 6.07. The summed E-state index contributed by atoms with van der Waals surface area (Å²) in [6, 6.07) is 7.13. The Labute approximate surface area is 133 Å². The van der Waals surface area contributed by atoms with Crippen molar-refractivity contribution >= 4 is 55.6 Å². The van der Waals surface area contributed by atoms with E-state index in [-0.39, 0.29) is 11.0 Å². The Morgan fingerprint density at radius 2 is 2.15 bits per heavy atom. The fourth-order valence-electron chi connectivity index (χ4n) is 1.39. The molecule has 0 aliphatic carbocycles. The molecule has 0 aliphatic heterocycles. The molecule has 0 aliphatic rings. The summed E-state index contributed by atoms with van der Waals surface area (Å²) < 4.78 is 0.712. The summed E-state index contributed by atoms with van der Waals surface area (Å²) in [4.78, 5) is 12.0. The number of anilines is 1. The van der Waals surface area contributed by atoms with Crippen molar-refractivity contribution in [2.75, 3.05) is 5.32 Å². The van der Waals surface area contributed by atoms with Crippen LogP contribution in [0, 0.1) is 0 Å². The van der Waals surface area contributed by atoms with E-state index in [0.29, 0.717) is 15.2 Å². The summed E-state index contributed by atoms with van der Waals surface area (Å²) in [5.74, 6) is -0.282. The van der Waals surface area contributed by atoms with Gasteiger partial charge in [-0.05, 0) is 46.7 Å². The Morgan fingerprint density at radius 3 is 2.80 bits per heavy atom. The Bertz CT molecular complexity index is 644. The molecule has 20 heavy (non-hydrogen) atoms. The molecule has 0 bridgehead atoms. The van der Waals surface area contributed by atoms with Crippen molar-refractivity contribution in [3.8, 4) is 0 Å². The van der Waals surface area contributed by atoms with Crippen LogP contribution in [0.2, 0.25) is 0 Å². The lowest BCUT2D eigenvalue weighted by Crippen LogP contribution is -2.34. The van der Waals surface area contributed by atoms with Crippen molar-refractivity contribution in [2.45, 2.75) is 13.3 Å². The lowest BCUT2D eigenvalue weighted by atomic mass is 10.2. The van der Waals surface area contributed by atoms with Gasteiger partial charge in [0.2, 0.25) is 5.13 Å². The fourth-order valence-corrected chi connectivity index (χ4v) is 2.79. The number of aryl methyl sites for hydroxylation is 1. The maximum absolute atomic E-state index is 12.0. The van der Waals surface area contributed by atoms with E-state index in [4.69, 9.17) is 12.2 Å². The maximum atomic E-state index is 12.0. The molecule has 1 aromatic carbocycles. The van der Waals surface area contributed by atoms with Crippen LogP contribution in [0.15, 0.2) is 28.7 Å². The Morgan fingerprint density at radius 1 is 1.40 bits per heavy atom. The number of hydrogen-bond donors (Lipinski definition) is 2. The molecule has 0 saturated carbocycles. The molecule has 0 atom stereocenters. The molecule has 0 spiro atoms. The number of halogens is 1. The molecule has 1 amide bonds. The highest BCUT2D eigenvalue weighted by atomic mass is 79.9. The van der Waals surface area contributed by atoms with Crippen molar-refractivity contribution < 1.29 is 4.79 Å². The third-order valence-electron chi connectivity index (χ3n) is 2.34. The number of nitrogens with zero attached hydrogens (tertiary/aromatic N) is 2. The fraction of sp³-hybridized carbons (Fsp3) is 0.167. The van der Waals surface area contributed by atoms with Crippen LogP contribution in [-0.4, -0.2) is 21.2 Å². The number of carbonyl (C=O) groups excluding carboxylic acids is 1. The van der Waals surface area contributed by atoms with Crippen LogP contribution in [0.1, 0.15) is 22.3 Å². The number of thiocarbonyl (C=S) groups is 1. The number of carbonyl (C=O) groups is 1. The molecular weight excluding hydrogens is 360 g/mol. The van der Waals surface area contributed by atoms with E-state index in [9.17, 15) is 4.79 Å². The van der Waals surface area contributed by atoms with Gasteiger partial charge in [-0.15, -0.1) is 10.2 Å². The number of aromatic nitrogens is 2. The molecule has 0 radical (unpaired) electrons. The minimum Gasteiger partial charge on any atom is -0.307 e. The largest absolute Gasteiger partial charge is 0.307 e. The molecule has 0 saturated heterocycles. The zero-order valence-electron chi connectivity index (χ0n) is 10.5. The second kappa shape index (κ2) is 6.87. The van der Waals surface area contributed by atoms with Crippen molar-refractivity contribution in [3.63, 3.8) is 0 Å². The molecule has 2 rings (SSSR count). The minimum absolute atomic E-state index is 0.199. The second-order valence-electron chi connectivity index (χ2n) is 3.74.